The van der Waals surface area contributed by atoms with Crippen LogP contribution in [0.25, 0.3) is 22.0 Å². The van der Waals surface area contributed by atoms with E-state index >= 15 is 0 Å². The maximum atomic E-state index is 14.0. The molecular formula is C21H17FN4O. The number of hydrogen-bond acceptors (Lipinski definition) is 3. The zero-order chi connectivity index (χ0) is 19.0. The molecule has 4 aromatic rings. The van der Waals surface area contributed by atoms with Crippen LogP contribution in [0.5, 0.6) is 0 Å². The third-order valence-electron chi connectivity index (χ3n) is 4.47. The number of aromatic nitrogens is 3. The number of nitrogens with one attached hydrogen (secondary N) is 1. The van der Waals surface area contributed by atoms with Crippen LogP contribution in [0.4, 0.5) is 10.1 Å². The summed E-state index contributed by atoms with van der Waals surface area (Å²) in [5.41, 5.74) is 4.16. The Morgan fingerprint density at radius 2 is 1.96 bits per heavy atom. The Labute approximate surface area is 155 Å². The fourth-order valence-electron chi connectivity index (χ4n) is 3.07. The first kappa shape index (κ1) is 16.9. The van der Waals surface area contributed by atoms with Crippen LogP contribution >= 0.6 is 0 Å². The van der Waals surface area contributed by atoms with Crippen molar-refractivity contribution in [1.82, 2.24) is 14.8 Å². The van der Waals surface area contributed by atoms with Gasteiger partial charge in [-0.2, -0.15) is 5.10 Å². The largest absolute Gasteiger partial charge is 0.322 e. The van der Waals surface area contributed by atoms with E-state index in [2.05, 4.69) is 15.4 Å². The van der Waals surface area contributed by atoms with Crippen molar-refractivity contribution in [1.29, 1.82) is 0 Å². The number of pyridine rings is 1. The molecule has 6 heteroatoms. The van der Waals surface area contributed by atoms with Crippen molar-refractivity contribution in [2.75, 3.05) is 5.32 Å². The van der Waals surface area contributed by atoms with Gasteiger partial charge < -0.3 is 5.32 Å². The minimum Gasteiger partial charge on any atom is -0.322 e. The van der Waals surface area contributed by atoms with E-state index in [0.29, 0.717) is 5.69 Å². The van der Waals surface area contributed by atoms with Crippen LogP contribution in [0, 0.1) is 12.7 Å². The molecule has 1 N–H and O–H groups in total. The highest BCUT2D eigenvalue weighted by Gasteiger charge is 2.13. The molecule has 4 rings (SSSR count). The smallest absolute Gasteiger partial charge is 0.258 e. The number of rotatable bonds is 3. The standard InChI is InChI=1S/C21H17FN4O/c1-13-6-7-19(22)16(8-13)21(27)25-15-5-3-4-14(9-15)17-10-23-12-20-18(17)11-24-26(20)2/h3-12H,1-2H3,(H,25,27). The number of aryl methyl sites for hydroxylation is 2. The van der Waals surface area contributed by atoms with Crippen molar-refractivity contribution in [2.45, 2.75) is 6.92 Å². The fourth-order valence-corrected chi connectivity index (χ4v) is 3.07. The second kappa shape index (κ2) is 6.64. The number of benzene rings is 2. The number of amides is 1. The molecule has 0 saturated heterocycles. The van der Waals surface area contributed by atoms with Crippen molar-refractivity contribution in [3.63, 3.8) is 0 Å². The molecule has 0 saturated carbocycles. The summed E-state index contributed by atoms with van der Waals surface area (Å²) in [6, 6.07) is 11.9. The molecule has 0 unspecified atom stereocenters. The zero-order valence-electron chi connectivity index (χ0n) is 14.9. The molecule has 2 aromatic heterocycles. The van der Waals surface area contributed by atoms with Gasteiger partial charge in [0.2, 0.25) is 0 Å². The average molecular weight is 360 g/mol. The molecule has 2 heterocycles. The number of hydrogen-bond donors (Lipinski definition) is 1. The SMILES string of the molecule is Cc1ccc(F)c(C(=O)Nc2cccc(-c3cncc4c3cnn4C)c2)c1. The minimum absolute atomic E-state index is 0.0245. The third-order valence-corrected chi connectivity index (χ3v) is 4.47. The van der Waals surface area contributed by atoms with E-state index < -0.39 is 11.7 Å². The summed E-state index contributed by atoms with van der Waals surface area (Å²) < 4.78 is 15.7. The predicted octanol–water partition coefficient (Wildman–Crippen LogP) is 4.34. The van der Waals surface area contributed by atoms with Crippen molar-refractivity contribution in [3.05, 3.63) is 78.0 Å². The Hall–Kier alpha value is -3.54. The quantitative estimate of drug-likeness (QED) is 0.591. The molecule has 1 amide bonds. The van der Waals surface area contributed by atoms with Gasteiger partial charge in [-0.1, -0.05) is 23.8 Å². The topological polar surface area (TPSA) is 59.8 Å². The van der Waals surface area contributed by atoms with Gasteiger partial charge in [0.1, 0.15) is 5.82 Å². The highest BCUT2D eigenvalue weighted by atomic mass is 19.1. The Morgan fingerprint density at radius 3 is 2.81 bits per heavy atom. The lowest BCUT2D eigenvalue weighted by Crippen LogP contribution is -2.14. The second-order valence-corrected chi connectivity index (χ2v) is 6.41. The molecule has 0 atom stereocenters. The molecule has 0 bridgehead atoms. The maximum Gasteiger partial charge on any atom is 0.258 e. The van der Waals surface area contributed by atoms with Crippen molar-refractivity contribution in [2.24, 2.45) is 7.05 Å². The van der Waals surface area contributed by atoms with E-state index in [0.717, 1.165) is 27.6 Å². The monoisotopic (exact) mass is 360 g/mol. The highest BCUT2D eigenvalue weighted by Crippen LogP contribution is 2.29. The molecule has 0 fully saturated rings. The van der Waals surface area contributed by atoms with Gasteiger partial charge in [0, 0.05) is 29.9 Å². The minimum atomic E-state index is -0.543. The molecule has 0 spiro atoms. The first-order chi connectivity index (χ1) is 13.0. The lowest BCUT2D eigenvalue weighted by Gasteiger charge is -2.09. The van der Waals surface area contributed by atoms with Gasteiger partial charge in [-0.3, -0.25) is 14.5 Å². The molecule has 0 aliphatic heterocycles. The van der Waals surface area contributed by atoms with Gasteiger partial charge in [-0.15, -0.1) is 0 Å². The van der Waals surface area contributed by atoms with E-state index in [1.54, 1.807) is 35.4 Å². The molecule has 27 heavy (non-hydrogen) atoms. The Balaban J connectivity index is 1.68. The van der Waals surface area contributed by atoms with Crippen LogP contribution in [0.2, 0.25) is 0 Å². The first-order valence-corrected chi connectivity index (χ1v) is 8.46. The van der Waals surface area contributed by atoms with E-state index in [1.807, 2.05) is 32.2 Å². The predicted molar refractivity (Wildman–Crippen MR) is 103 cm³/mol. The number of fused-ring (bicyclic) bond motifs is 1. The van der Waals surface area contributed by atoms with Gasteiger partial charge in [0.25, 0.3) is 5.91 Å². The van der Waals surface area contributed by atoms with E-state index in [1.165, 1.54) is 12.1 Å². The normalized spacial score (nSPS) is 10.9. The van der Waals surface area contributed by atoms with Gasteiger partial charge in [0.05, 0.1) is 23.5 Å². The molecule has 2 aromatic carbocycles. The lowest BCUT2D eigenvalue weighted by atomic mass is 10.0. The third kappa shape index (κ3) is 3.17. The summed E-state index contributed by atoms with van der Waals surface area (Å²) in [5.74, 6) is -1.02. The van der Waals surface area contributed by atoms with Gasteiger partial charge in [0.15, 0.2) is 0 Å². The van der Waals surface area contributed by atoms with Gasteiger partial charge in [-0.05, 0) is 36.8 Å². The number of carbonyl (C=O) groups excluding carboxylic acids is 1. The summed E-state index contributed by atoms with van der Waals surface area (Å²) in [6.07, 6.45) is 5.32. The maximum absolute atomic E-state index is 14.0. The summed E-state index contributed by atoms with van der Waals surface area (Å²) in [4.78, 5) is 16.8. The van der Waals surface area contributed by atoms with E-state index in [4.69, 9.17) is 0 Å². The van der Waals surface area contributed by atoms with Crippen LogP contribution < -0.4 is 5.32 Å². The molecule has 5 nitrogen and oxygen atoms in total. The van der Waals surface area contributed by atoms with Crippen molar-refractivity contribution in [3.8, 4) is 11.1 Å². The van der Waals surface area contributed by atoms with Gasteiger partial charge >= 0.3 is 0 Å². The van der Waals surface area contributed by atoms with Crippen LogP contribution in [0.1, 0.15) is 15.9 Å². The summed E-state index contributed by atoms with van der Waals surface area (Å²) in [7, 11) is 1.86. The lowest BCUT2D eigenvalue weighted by molar-refractivity contribution is 0.102. The molecule has 0 aliphatic carbocycles. The van der Waals surface area contributed by atoms with Crippen LogP contribution in [-0.2, 0) is 7.05 Å². The summed E-state index contributed by atoms with van der Waals surface area (Å²) >= 11 is 0. The number of anilines is 1. The van der Waals surface area contributed by atoms with Crippen LogP contribution in [0.3, 0.4) is 0 Å². The Morgan fingerprint density at radius 1 is 1.11 bits per heavy atom. The average Bonchev–Trinajstić information content (AvgIpc) is 3.05. The fraction of sp³-hybridized carbons (Fsp3) is 0.0952. The summed E-state index contributed by atoms with van der Waals surface area (Å²) in [6.45, 7) is 1.82. The molecule has 0 aliphatic rings. The van der Waals surface area contributed by atoms with Crippen LogP contribution in [-0.4, -0.2) is 20.7 Å². The highest BCUT2D eigenvalue weighted by molar-refractivity contribution is 6.05. The first-order valence-electron chi connectivity index (χ1n) is 8.46. The Kier molecular flexibility index (Phi) is 4.16. The van der Waals surface area contributed by atoms with E-state index in [-0.39, 0.29) is 5.56 Å². The van der Waals surface area contributed by atoms with E-state index in [9.17, 15) is 9.18 Å². The number of carbonyl (C=O) groups is 1. The van der Waals surface area contributed by atoms with Crippen LogP contribution in [0.15, 0.2) is 61.1 Å². The molecular weight excluding hydrogens is 343 g/mol. The number of halogens is 1. The van der Waals surface area contributed by atoms with Crippen molar-refractivity contribution >= 4 is 22.5 Å². The summed E-state index contributed by atoms with van der Waals surface area (Å²) in [5, 5.41) is 8.02. The zero-order valence-corrected chi connectivity index (χ0v) is 14.9. The Bertz CT molecular complexity index is 1170. The van der Waals surface area contributed by atoms with Gasteiger partial charge in [-0.25, -0.2) is 4.39 Å². The molecule has 134 valence electrons. The number of nitrogens with zero attached hydrogens (tertiary/aromatic N) is 3. The molecule has 0 radical (unpaired) electrons. The van der Waals surface area contributed by atoms with Crippen molar-refractivity contribution < 1.29 is 9.18 Å². The second-order valence-electron chi connectivity index (χ2n) is 6.41.